The molecule has 126 valence electrons. The first-order valence-corrected chi connectivity index (χ1v) is 8.59. The number of benzene rings is 1. The molecule has 1 aliphatic heterocycles. The lowest BCUT2D eigenvalue weighted by Gasteiger charge is -2.25. The Hall–Kier alpha value is -2.93. The van der Waals surface area contributed by atoms with Gasteiger partial charge in [0.1, 0.15) is 19.1 Å². The average Bonchev–Trinajstić information content (AvgIpc) is 3.24. The van der Waals surface area contributed by atoms with Crippen LogP contribution >= 0.6 is 11.3 Å². The van der Waals surface area contributed by atoms with Crippen LogP contribution in [0.5, 0.6) is 0 Å². The molecule has 0 amide bonds. The number of hydrogen-bond acceptors (Lipinski definition) is 6. The number of carbonyl (C=O) groups is 1. The zero-order chi connectivity index (χ0) is 17.4. The van der Waals surface area contributed by atoms with Gasteiger partial charge in [-0.1, -0.05) is 23.5 Å². The average molecular weight is 353 g/mol. The first kappa shape index (κ1) is 15.6. The van der Waals surface area contributed by atoms with Crippen LogP contribution < -0.4 is 19.8 Å². The van der Waals surface area contributed by atoms with Crippen LogP contribution in [0, 0.1) is 0 Å². The Morgan fingerprint density at radius 3 is 2.96 bits per heavy atom. The molecule has 2 aromatic heterocycles. The standard InChI is InChI=1S/C18H15N3O3S/c1-12(22)13-4-2-5-14(8-13)20-10-19-18-21(11-20)17(23)16(25-18)9-15-6-3-7-24-15/h2-9H,10-11H2,1H3. The lowest BCUT2D eigenvalue weighted by atomic mass is 10.1. The van der Waals surface area contributed by atoms with E-state index in [1.54, 1.807) is 35.1 Å². The number of carbonyl (C=O) groups excluding carboxylic acids is 1. The van der Waals surface area contributed by atoms with Crippen molar-refractivity contribution in [3.63, 3.8) is 0 Å². The van der Waals surface area contributed by atoms with Gasteiger partial charge in [0, 0.05) is 17.3 Å². The van der Waals surface area contributed by atoms with Crippen molar-refractivity contribution >= 4 is 28.9 Å². The van der Waals surface area contributed by atoms with Gasteiger partial charge in [-0.25, -0.2) is 4.99 Å². The number of Topliss-reactive ketones (excluding diaryl/α,β-unsaturated/α-hetero) is 1. The summed E-state index contributed by atoms with van der Waals surface area (Å²) in [6.07, 6.45) is 3.31. The van der Waals surface area contributed by atoms with Crippen LogP contribution in [0.1, 0.15) is 23.0 Å². The number of furan rings is 1. The third-order valence-electron chi connectivity index (χ3n) is 4.01. The summed E-state index contributed by atoms with van der Waals surface area (Å²) >= 11 is 1.35. The number of rotatable bonds is 3. The van der Waals surface area contributed by atoms with Crippen molar-refractivity contribution in [1.29, 1.82) is 0 Å². The Balaban J connectivity index is 1.71. The summed E-state index contributed by atoms with van der Waals surface area (Å²) in [6.45, 7) is 2.39. The van der Waals surface area contributed by atoms with Crippen LogP contribution in [0.15, 0.2) is 56.9 Å². The molecule has 6 nitrogen and oxygen atoms in total. The number of thiazole rings is 1. The van der Waals surface area contributed by atoms with Gasteiger partial charge in [0.2, 0.25) is 0 Å². The minimum Gasteiger partial charge on any atom is -0.465 e. The van der Waals surface area contributed by atoms with E-state index >= 15 is 0 Å². The number of nitrogens with zero attached hydrogens (tertiary/aromatic N) is 3. The molecule has 0 saturated heterocycles. The third kappa shape index (κ3) is 2.94. The molecule has 0 N–H and O–H groups in total. The van der Waals surface area contributed by atoms with E-state index in [2.05, 4.69) is 4.99 Å². The second-order valence-electron chi connectivity index (χ2n) is 5.73. The van der Waals surface area contributed by atoms with Gasteiger partial charge in [-0.3, -0.25) is 14.2 Å². The lowest BCUT2D eigenvalue weighted by Crippen LogP contribution is -2.42. The van der Waals surface area contributed by atoms with E-state index in [0.717, 1.165) is 5.69 Å². The minimum absolute atomic E-state index is 0.0134. The zero-order valence-corrected chi connectivity index (χ0v) is 14.3. The second kappa shape index (κ2) is 6.18. The van der Waals surface area contributed by atoms with Crippen molar-refractivity contribution < 1.29 is 9.21 Å². The molecule has 0 aliphatic carbocycles. The number of hydrogen-bond donors (Lipinski definition) is 0. The van der Waals surface area contributed by atoms with Gasteiger partial charge in [0.25, 0.3) is 5.56 Å². The molecule has 4 rings (SSSR count). The van der Waals surface area contributed by atoms with E-state index < -0.39 is 0 Å². The Kier molecular flexibility index (Phi) is 3.85. The van der Waals surface area contributed by atoms with Gasteiger partial charge in [0.15, 0.2) is 10.6 Å². The first-order valence-electron chi connectivity index (χ1n) is 7.77. The molecule has 3 aromatic rings. The smallest absolute Gasteiger partial charge is 0.271 e. The third-order valence-corrected chi connectivity index (χ3v) is 5.06. The Labute approximate surface area is 147 Å². The molecule has 1 aliphatic rings. The number of ketones is 1. The van der Waals surface area contributed by atoms with Crippen LogP contribution in [0.25, 0.3) is 6.08 Å². The number of anilines is 1. The number of aromatic nitrogens is 1. The summed E-state index contributed by atoms with van der Waals surface area (Å²) in [7, 11) is 0. The van der Waals surface area contributed by atoms with E-state index in [1.807, 2.05) is 23.1 Å². The lowest BCUT2D eigenvalue weighted by molar-refractivity contribution is 0.101. The maximum Gasteiger partial charge on any atom is 0.271 e. The SMILES string of the molecule is CC(=O)c1cccc(N2CN=c3sc(=Cc4ccco4)c(=O)n3C2)c1. The van der Waals surface area contributed by atoms with Gasteiger partial charge in [-0.15, -0.1) is 0 Å². The summed E-state index contributed by atoms with van der Waals surface area (Å²) in [5.74, 6) is 0.654. The highest BCUT2D eigenvalue weighted by atomic mass is 32.1. The Morgan fingerprint density at radius 1 is 1.32 bits per heavy atom. The van der Waals surface area contributed by atoms with Crippen molar-refractivity contribution in [3.8, 4) is 0 Å². The molecule has 0 unspecified atom stereocenters. The van der Waals surface area contributed by atoms with Crippen molar-refractivity contribution in [2.24, 2.45) is 4.99 Å². The number of fused-ring (bicyclic) bond motifs is 1. The molecular weight excluding hydrogens is 338 g/mol. The second-order valence-corrected chi connectivity index (χ2v) is 6.74. The van der Waals surface area contributed by atoms with E-state index in [0.29, 0.717) is 34.0 Å². The molecule has 0 fully saturated rings. The van der Waals surface area contributed by atoms with E-state index in [9.17, 15) is 9.59 Å². The fourth-order valence-electron chi connectivity index (χ4n) is 2.70. The first-order chi connectivity index (χ1) is 12.1. The quantitative estimate of drug-likeness (QED) is 0.671. The van der Waals surface area contributed by atoms with Crippen LogP contribution in [-0.4, -0.2) is 17.0 Å². The van der Waals surface area contributed by atoms with Gasteiger partial charge in [0.05, 0.1) is 10.8 Å². The van der Waals surface area contributed by atoms with Crippen molar-refractivity contribution in [3.05, 3.63) is 73.7 Å². The monoisotopic (exact) mass is 353 g/mol. The van der Waals surface area contributed by atoms with Gasteiger partial charge >= 0.3 is 0 Å². The predicted octanol–water partition coefficient (Wildman–Crippen LogP) is 1.59. The molecule has 1 aromatic carbocycles. The molecule has 0 spiro atoms. The maximum absolute atomic E-state index is 12.7. The highest BCUT2D eigenvalue weighted by Crippen LogP contribution is 2.18. The normalized spacial score (nSPS) is 14.3. The van der Waals surface area contributed by atoms with Gasteiger partial charge in [-0.2, -0.15) is 0 Å². The van der Waals surface area contributed by atoms with E-state index in [1.165, 1.54) is 18.3 Å². The Morgan fingerprint density at radius 2 is 2.20 bits per heavy atom. The van der Waals surface area contributed by atoms with Gasteiger partial charge < -0.3 is 9.32 Å². The highest BCUT2D eigenvalue weighted by Gasteiger charge is 2.16. The summed E-state index contributed by atoms with van der Waals surface area (Å²) in [5, 5.41) is 0. The molecule has 0 bridgehead atoms. The maximum atomic E-state index is 12.7. The molecule has 0 radical (unpaired) electrons. The van der Waals surface area contributed by atoms with Gasteiger partial charge in [-0.05, 0) is 31.2 Å². The Bertz CT molecular complexity index is 1110. The van der Waals surface area contributed by atoms with Crippen molar-refractivity contribution in [2.45, 2.75) is 13.6 Å². The van der Waals surface area contributed by atoms with E-state index in [-0.39, 0.29) is 11.3 Å². The molecule has 3 heterocycles. The predicted molar refractivity (Wildman–Crippen MR) is 95.4 cm³/mol. The summed E-state index contributed by atoms with van der Waals surface area (Å²) in [6, 6.07) is 11.0. The molecule has 25 heavy (non-hydrogen) atoms. The molecular formula is C18H15N3O3S. The van der Waals surface area contributed by atoms with Crippen LogP contribution in [-0.2, 0) is 6.67 Å². The summed E-state index contributed by atoms with van der Waals surface area (Å²) < 4.78 is 7.51. The fourth-order valence-corrected chi connectivity index (χ4v) is 3.64. The topological polar surface area (TPSA) is 67.8 Å². The van der Waals surface area contributed by atoms with Crippen LogP contribution in [0.3, 0.4) is 0 Å². The van der Waals surface area contributed by atoms with E-state index in [4.69, 9.17) is 4.42 Å². The molecule has 0 saturated carbocycles. The fraction of sp³-hybridized carbons (Fsp3) is 0.167. The summed E-state index contributed by atoms with van der Waals surface area (Å²) in [5.41, 5.74) is 1.43. The summed E-state index contributed by atoms with van der Waals surface area (Å²) in [4.78, 5) is 31.4. The van der Waals surface area contributed by atoms with Crippen LogP contribution in [0.4, 0.5) is 5.69 Å². The zero-order valence-electron chi connectivity index (χ0n) is 13.5. The highest BCUT2D eigenvalue weighted by molar-refractivity contribution is 7.07. The molecule has 0 atom stereocenters. The largest absolute Gasteiger partial charge is 0.465 e. The van der Waals surface area contributed by atoms with Crippen LogP contribution in [0.2, 0.25) is 0 Å². The molecule has 7 heteroatoms. The minimum atomic E-state index is -0.0902. The van der Waals surface area contributed by atoms with Crippen molar-refractivity contribution in [2.75, 3.05) is 11.6 Å². The van der Waals surface area contributed by atoms with Crippen molar-refractivity contribution in [1.82, 2.24) is 4.57 Å².